The lowest BCUT2D eigenvalue weighted by Gasteiger charge is -2.10. The Balaban J connectivity index is 1.41. The maximum atomic E-state index is 12.3. The summed E-state index contributed by atoms with van der Waals surface area (Å²) in [6, 6.07) is 17.9. The molecule has 2 rings (SSSR count). The van der Waals surface area contributed by atoms with E-state index in [1.165, 1.54) is 89.0 Å². The van der Waals surface area contributed by atoms with Gasteiger partial charge in [0.25, 0.3) is 0 Å². The van der Waals surface area contributed by atoms with E-state index in [1.54, 1.807) is 0 Å². The number of unbranched alkanes of at least 4 members (excludes halogenated alkanes) is 13. The third-order valence-corrected chi connectivity index (χ3v) is 6.61. The highest BCUT2D eigenvalue weighted by Crippen LogP contribution is 2.18. The molecule has 0 saturated heterocycles. The number of anilines is 1. The van der Waals surface area contributed by atoms with E-state index in [0.717, 1.165) is 30.8 Å². The third-order valence-electron chi connectivity index (χ3n) is 6.61. The lowest BCUT2D eigenvalue weighted by molar-refractivity contribution is -0.115. The van der Waals surface area contributed by atoms with Crippen molar-refractivity contribution in [3.8, 4) is 5.75 Å². The van der Waals surface area contributed by atoms with E-state index >= 15 is 0 Å². The predicted molar refractivity (Wildman–Crippen MR) is 154 cm³/mol. The molecule has 0 heterocycles. The zero-order chi connectivity index (χ0) is 25.5. The topological polar surface area (TPSA) is 50.4 Å². The van der Waals surface area contributed by atoms with Gasteiger partial charge in [0.15, 0.2) is 0 Å². The van der Waals surface area contributed by atoms with E-state index in [-0.39, 0.29) is 5.91 Å². The second kappa shape index (κ2) is 20.8. The maximum absolute atomic E-state index is 12.3. The minimum Gasteiger partial charge on any atom is -0.493 e. The first-order chi connectivity index (χ1) is 17.8. The predicted octanol–water partition coefficient (Wildman–Crippen LogP) is 8.32. The van der Waals surface area contributed by atoms with Gasteiger partial charge in [-0.15, -0.1) is 0 Å². The van der Waals surface area contributed by atoms with Crippen LogP contribution in [0.25, 0.3) is 0 Å². The molecule has 2 aromatic carbocycles. The number of rotatable bonds is 22. The number of hydrogen-bond donors (Lipinski definition) is 2. The van der Waals surface area contributed by atoms with Gasteiger partial charge in [-0.2, -0.15) is 0 Å². The van der Waals surface area contributed by atoms with Gasteiger partial charge in [0.05, 0.1) is 13.2 Å². The van der Waals surface area contributed by atoms with Gasteiger partial charge in [-0.3, -0.25) is 4.79 Å². The SMILES string of the molecule is CCCCCCCCCCCCCCCCNCC(=O)Nc1cccc(OCCc2ccccc2)c1. The van der Waals surface area contributed by atoms with E-state index in [9.17, 15) is 4.79 Å². The molecule has 2 aromatic rings. The van der Waals surface area contributed by atoms with Gasteiger partial charge >= 0.3 is 0 Å². The molecule has 0 aliphatic heterocycles. The molecule has 1 amide bonds. The highest BCUT2D eigenvalue weighted by Gasteiger charge is 2.04. The molecule has 0 saturated carbocycles. The molecule has 2 N–H and O–H groups in total. The van der Waals surface area contributed by atoms with Gasteiger partial charge in [-0.05, 0) is 30.7 Å². The fraction of sp³-hybridized carbons (Fsp3) is 0.594. The number of carbonyl (C=O) groups excluding carboxylic acids is 1. The average molecular weight is 495 g/mol. The van der Waals surface area contributed by atoms with Crippen LogP contribution in [0.15, 0.2) is 54.6 Å². The fourth-order valence-electron chi connectivity index (χ4n) is 4.45. The van der Waals surface area contributed by atoms with Crippen molar-refractivity contribution in [1.29, 1.82) is 0 Å². The Morgan fingerprint density at radius 2 is 1.33 bits per heavy atom. The summed E-state index contributed by atoms with van der Waals surface area (Å²) in [4.78, 5) is 12.3. The minimum atomic E-state index is -0.0122. The first kappa shape index (κ1) is 29.9. The summed E-state index contributed by atoms with van der Waals surface area (Å²) in [6.45, 7) is 4.13. The molecule has 0 fully saturated rings. The van der Waals surface area contributed by atoms with Crippen LogP contribution in [0.4, 0.5) is 5.69 Å². The lowest BCUT2D eigenvalue weighted by atomic mass is 10.0. The Morgan fingerprint density at radius 1 is 0.722 bits per heavy atom. The molecule has 4 nitrogen and oxygen atoms in total. The van der Waals surface area contributed by atoms with Gasteiger partial charge in [0.2, 0.25) is 5.91 Å². The molecular formula is C32H50N2O2. The summed E-state index contributed by atoms with van der Waals surface area (Å²) >= 11 is 0. The highest BCUT2D eigenvalue weighted by atomic mass is 16.5. The number of nitrogens with one attached hydrogen (secondary N) is 2. The molecule has 0 aromatic heterocycles. The normalized spacial score (nSPS) is 10.9. The van der Waals surface area contributed by atoms with Crippen molar-refractivity contribution in [3.63, 3.8) is 0 Å². The number of carbonyl (C=O) groups is 1. The molecular weight excluding hydrogens is 444 g/mol. The molecule has 0 spiro atoms. The largest absolute Gasteiger partial charge is 0.493 e. The Morgan fingerprint density at radius 3 is 1.97 bits per heavy atom. The summed E-state index contributed by atoms with van der Waals surface area (Å²) in [6.07, 6.45) is 20.0. The third kappa shape index (κ3) is 15.6. The first-order valence-electron chi connectivity index (χ1n) is 14.6. The smallest absolute Gasteiger partial charge is 0.238 e. The van der Waals surface area contributed by atoms with Crippen molar-refractivity contribution in [3.05, 3.63) is 60.2 Å². The Bertz CT molecular complexity index is 794. The van der Waals surface area contributed by atoms with Gasteiger partial charge in [-0.1, -0.05) is 127 Å². The van der Waals surface area contributed by atoms with E-state index in [2.05, 4.69) is 29.7 Å². The van der Waals surface area contributed by atoms with Crippen LogP contribution >= 0.6 is 0 Å². The molecule has 0 unspecified atom stereocenters. The molecule has 200 valence electrons. The Hall–Kier alpha value is -2.33. The van der Waals surface area contributed by atoms with Crippen molar-refractivity contribution in [2.45, 2.75) is 103 Å². The summed E-state index contributed by atoms with van der Waals surface area (Å²) in [5.74, 6) is 0.765. The number of hydrogen-bond acceptors (Lipinski definition) is 3. The zero-order valence-electron chi connectivity index (χ0n) is 22.7. The molecule has 0 radical (unpaired) electrons. The number of benzene rings is 2. The zero-order valence-corrected chi connectivity index (χ0v) is 22.7. The molecule has 4 heteroatoms. The molecule has 36 heavy (non-hydrogen) atoms. The van der Waals surface area contributed by atoms with Crippen LogP contribution < -0.4 is 15.4 Å². The summed E-state index contributed by atoms with van der Waals surface area (Å²) in [7, 11) is 0. The summed E-state index contributed by atoms with van der Waals surface area (Å²) < 4.78 is 5.86. The van der Waals surface area contributed by atoms with Crippen LogP contribution in [0.1, 0.15) is 102 Å². The molecule has 0 aliphatic rings. The van der Waals surface area contributed by atoms with E-state index in [1.807, 2.05) is 42.5 Å². The number of amides is 1. The van der Waals surface area contributed by atoms with Crippen LogP contribution in [0.5, 0.6) is 5.75 Å². The van der Waals surface area contributed by atoms with Gasteiger partial charge < -0.3 is 15.4 Å². The average Bonchev–Trinajstić information content (AvgIpc) is 2.89. The van der Waals surface area contributed by atoms with Gasteiger partial charge in [0.1, 0.15) is 5.75 Å². The van der Waals surface area contributed by atoms with Crippen LogP contribution in [0.2, 0.25) is 0 Å². The van der Waals surface area contributed by atoms with Crippen molar-refractivity contribution in [2.24, 2.45) is 0 Å². The molecule has 0 bridgehead atoms. The van der Waals surface area contributed by atoms with Crippen molar-refractivity contribution >= 4 is 11.6 Å². The highest BCUT2D eigenvalue weighted by molar-refractivity contribution is 5.92. The van der Waals surface area contributed by atoms with Crippen molar-refractivity contribution < 1.29 is 9.53 Å². The standard InChI is InChI=1S/C32H50N2O2/c1-2-3-4-5-6-7-8-9-10-11-12-13-14-18-25-33-28-32(35)34-30-22-19-23-31(27-30)36-26-24-29-20-16-15-17-21-29/h15-17,19-23,27,33H,2-14,18,24-26,28H2,1H3,(H,34,35). The monoisotopic (exact) mass is 494 g/mol. The Kier molecular flexibility index (Phi) is 17.3. The summed E-state index contributed by atoms with van der Waals surface area (Å²) in [5.41, 5.74) is 2.03. The second-order valence-corrected chi connectivity index (χ2v) is 9.93. The summed E-state index contributed by atoms with van der Waals surface area (Å²) in [5, 5.41) is 6.23. The van der Waals surface area contributed by atoms with Gasteiger partial charge in [0, 0.05) is 18.2 Å². The Labute approximate surface area is 220 Å². The lowest BCUT2D eigenvalue weighted by Crippen LogP contribution is -2.28. The maximum Gasteiger partial charge on any atom is 0.238 e. The molecule has 0 aliphatic carbocycles. The minimum absolute atomic E-state index is 0.0122. The molecule has 0 atom stereocenters. The fourth-order valence-corrected chi connectivity index (χ4v) is 4.45. The first-order valence-corrected chi connectivity index (χ1v) is 14.6. The van der Waals surface area contributed by atoms with Gasteiger partial charge in [-0.25, -0.2) is 0 Å². The quantitative estimate of drug-likeness (QED) is 0.162. The number of ether oxygens (including phenoxy) is 1. The second-order valence-electron chi connectivity index (χ2n) is 9.93. The van der Waals surface area contributed by atoms with Crippen molar-refractivity contribution in [2.75, 3.05) is 25.0 Å². The van der Waals surface area contributed by atoms with E-state index in [4.69, 9.17) is 4.74 Å². The van der Waals surface area contributed by atoms with Crippen molar-refractivity contribution in [1.82, 2.24) is 5.32 Å². The van der Waals surface area contributed by atoms with Crippen LogP contribution in [0.3, 0.4) is 0 Å². The van der Waals surface area contributed by atoms with E-state index in [0.29, 0.717) is 13.2 Å². The van der Waals surface area contributed by atoms with E-state index < -0.39 is 0 Å². The van der Waals surface area contributed by atoms with Crippen LogP contribution in [-0.2, 0) is 11.2 Å². The van der Waals surface area contributed by atoms with Crippen LogP contribution in [-0.4, -0.2) is 25.6 Å². The van der Waals surface area contributed by atoms with Crippen LogP contribution in [0, 0.1) is 0 Å².